The van der Waals surface area contributed by atoms with Crippen molar-refractivity contribution >= 4 is 17.3 Å². The van der Waals surface area contributed by atoms with Crippen LogP contribution in [0.25, 0.3) is 0 Å². The molecule has 0 unspecified atom stereocenters. The Bertz CT molecular complexity index is 842. The molecule has 0 aromatic heterocycles. The fourth-order valence-corrected chi connectivity index (χ4v) is 4.19. The number of carbonyl (C=O) groups is 1. The maximum atomic E-state index is 11.8. The number of ether oxygens (including phenoxy) is 1. The predicted octanol–water partition coefficient (Wildman–Crippen LogP) is 3.50. The van der Waals surface area contributed by atoms with E-state index < -0.39 is 0 Å². The molecule has 0 aliphatic carbocycles. The van der Waals surface area contributed by atoms with Gasteiger partial charge in [0.1, 0.15) is 5.75 Å². The summed E-state index contributed by atoms with van der Waals surface area (Å²) < 4.78 is 5.99. The van der Waals surface area contributed by atoms with E-state index >= 15 is 0 Å². The maximum absolute atomic E-state index is 11.8. The van der Waals surface area contributed by atoms with Crippen LogP contribution in [0.2, 0.25) is 0 Å². The predicted molar refractivity (Wildman–Crippen MR) is 118 cm³/mol. The summed E-state index contributed by atoms with van der Waals surface area (Å²) in [6.45, 7) is 8.31. The van der Waals surface area contributed by atoms with Crippen molar-refractivity contribution in [2.75, 3.05) is 56.2 Å². The summed E-state index contributed by atoms with van der Waals surface area (Å²) in [5, 5.41) is 0. The van der Waals surface area contributed by atoms with E-state index in [0.717, 1.165) is 63.6 Å². The lowest BCUT2D eigenvalue weighted by Crippen LogP contribution is -2.46. The van der Waals surface area contributed by atoms with Gasteiger partial charge >= 0.3 is 0 Å². The Morgan fingerprint density at radius 2 is 1.72 bits per heavy atom. The molecular formula is C24H31N3O2. The summed E-state index contributed by atoms with van der Waals surface area (Å²) in [4.78, 5) is 18.6. The van der Waals surface area contributed by atoms with Crippen molar-refractivity contribution in [3.05, 3.63) is 53.6 Å². The molecule has 5 heteroatoms. The maximum Gasteiger partial charge on any atom is 0.227 e. The summed E-state index contributed by atoms with van der Waals surface area (Å²) >= 11 is 0. The molecule has 2 heterocycles. The van der Waals surface area contributed by atoms with Gasteiger partial charge in [0.05, 0.1) is 6.61 Å². The van der Waals surface area contributed by atoms with Gasteiger partial charge in [-0.05, 0) is 55.7 Å². The van der Waals surface area contributed by atoms with Gasteiger partial charge in [0.2, 0.25) is 5.91 Å². The van der Waals surface area contributed by atoms with Crippen molar-refractivity contribution in [2.45, 2.75) is 26.2 Å². The lowest BCUT2D eigenvalue weighted by atomic mass is 10.0. The number of rotatable bonds is 6. The minimum absolute atomic E-state index is 0.189. The fraction of sp³-hybridized carbons (Fsp3) is 0.458. The van der Waals surface area contributed by atoms with E-state index in [9.17, 15) is 4.79 Å². The quantitative estimate of drug-likeness (QED) is 0.704. The molecule has 2 aliphatic rings. The topological polar surface area (TPSA) is 36.0 Å². The Balaban J connectivity index is 1.19. The Morgan fingerprint density at radius 1 is 0.966 bits per heavy atom. The molecule has 2 aromatic carbocycles. The number of anilines is 2. The van der Waals surface area contributed by atoms with E-state index in [0.29, 0.717) is 6.42 Å². The van der Waals surface area contributed by atoms with Gasteiger partial charge in [-0.3, -0.25) is 9.69 Å². The third kappa shape index (κ3) is 4.73. The van der Waals surface area contributed by atoms with E-state index in [2.05, 4.69) is 47.1 Å². The van der Waals surface area contributed by atoms with Crippen LogP contribution in [0, 0.1) is 6.92 Å². The molecule has 0 atom stereocenters. The standard InChI is InChI=1S/C24H31N3O2/c1-19-4-7-21(8-5-19)27-15-13-26(14-16-27)12-3-17-29-22-9-10-23-20(18-22)6-11-24(28)25(23)2/h4-5,7-10,18H,3,6,11-17H2,1-2H3. The van der Waals surface area contributed by atoms with Crippen LogP contribution in [-0.4, -0.2) is 57.2 Å². The SMILES string of the molecule is Cc1ccc(N2CCN(CCCOc3ccc4c(c3)CCC(=O)N4C)CC2)cc1. The van der Waals surface area contributed by atoms with Crippen molar-refractivity contribution in [1.29, 1.82) is 0 Å². The number of hydrogen-bond donors (Lipinski definition) is 0. The van der Waals surface area contributed by atoms with Crippen LogP contribution in [0.4, 0.5) is 11.4 Å². The fourth-order valence-electron chi connectivity index (χ4n) is 4.19. The zero-order chi connectivity index (χ0) is 20.2. The van der Waals surface area contributed by atoms with Gasteiger partial charge in [0, 0.05) is 57.6 Å². The first-order chi connectivity index (χ1) is 14.1. The van der Waals surface area contributed by atoms with Crippen LogP contribution in [0.5, 0.6) is 5.75 Å². The van der Waals surface area contributed by atoms with Crippen LogP contribution in [0.3, 0.4) is 0 Å². The van der Waals surface area contributed by atoms with E-state index in [1.165, 1.54) is 16.8 Å². The number of hydrogen-bond acceptors (Lipinski definition) is 4. The van der Waals surface area contributed by atoms with Crippen LogP contribution >= 0.6 is 0 Å². The Morgan fingerprint density at radius 3 is 2.48 bits per heavy atom. The summed E-state index contributed by atoms with van der Waals surface area (Å²) in [5.41, 5.74) is 4.86. The van der Waals surface area contributed by atoms with E-state index in [1.54, 1.807) is 4.90 Å². The van der Waals surface area contributed by atoms with Crippen LogP contribution in [0.1, 0.15) is 24.0 Å². The molecule has 2 aromatic rings. The lowest BCUT2D eigenvalue weighted by molar-refractivity contribution is -0.118. The number of aryl methyl sites for hydroxylation is 2. The second-order valence-corrected chi connectivity index (χ2v) is 8.11. The molecular weight excluding hydrogens is 362 g/mol. The highest BCUT2D eigenvalue weighted by molar-refractivity contribution is 5.95. The van der Waals surface area contributed by atoms with Crippen molar-refractivity contribution in [1.82, 2.24) is 4.90 Å². The number of carbonyl (C=O) groups excluding carboxylic acids is 1. The average molecular weight is 394 g/mol. The molecule has 2 aliphatic heterocycles. The van der Waals surface area contributed by atoms with Gasteiger partial charge in [0.15, 0.2) is 0 Å². The third-order valence-electron chi connectivity index (χ3n) is 6.05. The molecule has 0 bridgehead atoms. The smallest absolute Gasteiger partial charge is 0.227 e. The van der Waals surface area contributed by atoms with E-state index in [1.807, 2.05) is 19.2 Å². The molecule has 1 saturated heterocycles. The first-order valence-corrected chi connectivity index (χ1v) is 10.7. The number of benzene rings is 2. The van der Waals surface area contributed by atoms with Crippen molar-refractivity contribution < 1.29 is 9.53 Å². The normalized spacial score (nSPS) is 17.4. The Hall–Kier alpha value is -2.53. The molecule has 0 radical (unpaired) electrons. The van der Waals surface area contributed by atoms with Crippen molar-refractivity contribution in [2.24, 2.45) is 0 Å². The lowest BCUT2D eigenvalue weighted by Gasteiger charge is -2.36. The monoisotopic (exact) mass is 393 g/mol. The van der Waals surface area contributed by atoms with Gasteiger partial charge in [-0.15, -0.1) is 0 Å². The Kier molecular flexibility index (Phi) is 6.05. The third-order valence-corrected chi connectivity index (χ3v) is 6.05. The van der Waals surface area contributed by atoms with Gasteiger partial charge in [-0.1, -0.05) is 17.7 Å². The summed E-state index contributed by atoms with van der Waals surface area (Å²) in [6, 6.07) is 14.9. The minimum Gasteiger partial charge on any atom is -0.494 e. The second kappa shape index (κ2) is 8.87. The molecule has 0 spiro atoms. The van der Waals surface area contributed by atoms with E-state index in [-0.39, 0.29) is 5.91 Å². The molecule has 29 heavy (non-hydrogen) atoms. The molecule has 0 N–H and O–H groups in total. The summed E-state index contributed by atoms with van der Waals surface area (Å²) in [7, 11) is 1.85. The van der Waals surface area contributed by atoms with E-state index in [4.69, 9.17) is 4.74 Å². The van der Waals surface area contributed by atoms with Crippen LogP contribution < -0.4 is 14.5 Å². The number of fused-ring (bicyclic) bond motifs is 1. The molecule has 5 nitrogen and oxygen atoms in total. The highest BCUT2D eigenvalue weighted by Gasteiger charge is 2.21. The number of nitrogens with zero attached hydrogens (tertiary/aromatic N) is 3. The largest absolute Gasteiger partial charge is 0.494 e. The summed E-state index contributed by atoms with van der Waals surface area (Å²) in [6.07, 6.45) is 2.42. The minimum atomic E-state index is 0.189. The van der Waals surface area contributed by atoms with Gasteiger partial charge in [-0.2, -0.15) is 0 Å². The average Bonchev–Trinajstić information content (AvgIpc) is 2.75. The first kappa shape index (κ1) is 19.8. The van der Waals surface area contributed by atoms with Gasteiger partial charge in [-0.25, -0.2) is 0 Å². The van der Waals surface area contributed by atoms with Crippen molar-refractivity contribution in [3.63, 3.8) is 0 Å². The van der Waals surface area contributed by atoms with Gasteiger partial charge in [0.25, 0.3) is 0 Å². The highest BCUT2D eigenvalue weighted by atomic mass is 16.5. The van der Waals surface area contributed by atoms with Crippen molar-refractivity contribution in [3.8, 4) is 5.75 Å². The number of amides is 1. The zero-order valence-corrected chi connectivity index (χ0v) is 17.6. The molecule has 4 rings (SSSR count). The zero-order valence-electron chi connectivity index (χ0n) is 17.6. The second-order valence-electron chi connectivity index (χ2n) is 8.11. The molecule has 0 saturated carbocycles. The first-order valence-electron chi connectivity index (χ1n) is 10.7. The van der Waals surface area contributed by atoms with Gasteiger partial charge < -0.3 is 14.5 Å². The molecule has 1 fully saturated rings. The molecule has 154 valence electrons. The Labute approximate surface area is 173 Å². The summed E-state index contributed by atoms with van der Waals surface area (Å²) in [5.74, 6) is 1.10. The highest BCUT2D eigenvalue weighted by Crippen LogP contribution is 2.30. The van der Waals surface area contributed by atoms with Crippen LogP contribution in [-0.2, 0) is 11.2 Å². The van der Waals surface area contributed by atoms with Crippen LogP contribution in [0.15, 0.2) is 42.5 Å². The molecule has 1 amide bonds. The number of piperazine rings is 1.